The molecule has 0 radical (unpaired) electrons. The molecule has 0 aliphatic rings. The van der Waals surface area contributed by atoms with Crippen LogP contribution < -0.4 is 0 Å². The van der Waals surface area contributed by atoms with Crippen molar-refractivity contribution in [3.63, 3.8) is 0 Å². The molecule has 0 N–H and O–H groups in total. The van der Waals surface area contributed by atoms with E-state index in [-0.39, 0.29) is 21.1 Å². The standard InChI is InChI=1S/C4HNO.Mo/c5-3-1-2-4-6;/h1H;. The molecule has 0 saturated carbocycles. The maximum atomic E-state index is 9.15. The van der Waals surface area contributed by atoms with Gasteiger partial charge in [0.1, 0.15) is 6.07 Å². The molecule has 0 aliphatic carbocycles. The first-order valence-electron chi connectivity index (χ1n) is 1.26. The summed E-state index contributed by atoms with van der Waals surface area (Å²) in [6.45, 7) is 0. The minimum Gasteiger partial charge on any atom is -0.224 e. The van der Waals surface area contributed by atoms with Crippen molar-refractivity contribution in [3.05, 3.63) is 11.8 Å². The fourth-order valence-corrected chi connectivity index (χ4v) is 0.0617. The van der Waals surface area contributed by atoms with Crippen LogP contribution in [0.2, 0.25) is 0 Å². The molecule has 7 heavy (non-hydrogen) atoms. The van der Waals surface area contributed by atoms with Gasteiger partial charge >= 0.3 is 0 Å². The molecule has 0 unspecified atom stereocenters. The van der Waals surface area contributed by atoms with Crippen LogP contribution in [0.5, 0.6) is 0 Å². The van der Waals surface area contributed by atoms with Crippen LogP contribution in [-0.4, -0.2) is 5.94 Å². The molecule has 0 aromatic heterocycles. The van der Waals surface area contributed by atoms with E-state index in [0.29, 0.717) is 0 Å². The number of nitriles is 1. The van der Waals surface area contributed by atoms with Gasteiger partial charge < -0.3 is 0 Å². The van der Waals surface area contributed by atoms with E-state index < -0.39 is 0 Å². The summed E-state index contributed by atoms with van der Waals surface area (Å²) in [5, 5.41) is 7.65. The molecule has 0 saturated heterocycles. The van der Waals surface area contributed by atoms with Gasteiger partial charge in [-0.3, -0.25) is 0 Å². The average Bonchev–Trinajstić information content (AvgIpc) is 1.61. The predicted molar refractivity (Wildman–Crippen MR) is 19.4 cm³/mol. The Morgan fingerprint density at radius 2 is 2.14 bits per heavy atom. The maximum Gasteiger partial charge on any atom is 0.177 e. The van der Waals surface area contributed by atoms with Crippen LogP contribution in [-0.2, 0) is 25.9 Å². The van der Waals surface area contributed by atoms with E-state index in [1.807, 2.05) is 5.73 Å². The van der Waals surface area contributed by atoms with E-state index in [4.69, 9.17) is 10.1 Å². The molecular weight excluding hydrogens is 174 g/mol. The summed E-state index contributed by atoms with van der Waals surface area (Å²) < 4.78 is 0. The van der Waals surface area contributed by atoms with Crippen LogP contribution in [0.15, 0.2) is 11.8 Å². The Kier molecular flexibility index (Phi) is 12.5. The number of rotatable bonds is 0. The summed E-state index contributed by atoms with van der Waals surface area (Å²) in [5.74, 6) is 1.29. The second-order valence-electron chi connectivity index (χ2n) is 0.520. The summed E-state index contributed by atoms with van der Waals surface area (Å²) in [6, 6.07) is 1.57. The van der Waals surface area contributed by atoms with Crippen LogP contribution in [0.25, 0.3) is 0 Å². The third-order valence-corrected chi connectivity index (χ3v) is 0.196. The van der Waals surface area contributed by atoms with E-state index in [0.717, 1.165) is 6.08 Å². The van der Waals surface area contributed by atoms with Crippen molar-refractivity contribution in [2.45, 2.75) is 0 Å². The maximum absolute atomic E-state index is 9.15. The van der Waals surface area contributed by atoms with E-state index in [2.05, 4.69) is 0 Å². The van der Waals surface area contributed by atoms with E-state index in [1.54, 1.807) is 6.07 Å². The van der Waals surface area contributed by atoms with Crippen molar-refractivity contribution in [1.82, 2.24) is 0 Å². The van der Waals surface area contributed by atoms with Gasteiger partial charge in [0.2, 0.25) is 0 Å². The summed E-state index contributed by atoms with van der Waals surface area (Å²) in [5.41, 5.74) is 1.91. The molecule has 3 heteroatoms. The van der Waals surface area contributed by atoms with Gasteiger partial charge in [-0.1, -0.05) is 0 Å². The molecule has 0 amide bonds. The Morgan fingerprint density at radius 1 is 1.57 bits per heavy atom. The zero-order valence-electron chi connectivity index (χ0n) is 3.34. The Balaban J connectivity index is 0. The molecule has 0 spiro atoms. The first kappa shape index (κ1) is 9.65. The number of nitrogens with zero attached hydrogens (tertiary/aromatic N) is 1. The van der Waals surface area contributed by atoms with Crippen molar-refractivity contribution in [2.24, 2.45) is 0 Å². The number of hydrogen-bond acceptors (Lipinski definition) is 2. The zero-order valence-corrected chi connectivity index (χ0v) is 5.35. The fraction of sp³-hybridized carbons (Fsp3) is 0. The fourth-order valence-electron chi connectivity index (χ4n) is 0.0617. The molecule has 0 fully saturated rings. The molecule has 0 bridgehead atoms. The Labute approximate surface area is 55.4 Å². The second-order valence-corrected chi connectivity index (χ2v) is 0.520. The Bertz CT molecular complexity index is 146. The summed E-state index contributed by atoms with van der Waals surface area (Å²) in [6.07, 6.45) is 0.938. The van der Waals surface area contributed by atoms with Crippen molar-refractivity contribution >= 4 is 5.94 Å². The minimum atomic E-state index is 0. The van der Waals surface area contributed by atoms with Crippen molar-refractivity contribution < 1.29 is 25.9 Å². The van der Waals surface area contributed by atoms with Gasteiger partial charge in [-0.2, -0.15) is 5.26 Å². The van der Waals surface area contributed by atoms with Crippen molar-refractivity contribution in [2.75, 3.05) is 0 Å². The molecule has 0 aromatic rings. The van der Waals surface area contributed by atoms with Gasteiger partial charge in [-0.15, -0.1) is 0 Å². The van der Waals surface area contributed by atoms with E-state index in [1.165, 1.54) is 5.94 Å². The van der Waals surface area contributed by atoms with Crippen LogP contribution >= 0.6 is 0 Å². The molecule has 0 rings (SSSR count). The summed E-state index contributed by atoms with van der Waals surface area (Å²) in [7, 11) is 0. The van der Waals surface area contributed by atoms with Gasteiger partial charge in [0, 0.05) is 21.1 Å². The quantitative estimate of drug-likeness (QED) is 0.226. The number of hydrogen-bond donors (Lipinski definition) is 0. The molecule has 0 aromatic carbocycles. The second kappa shape index (κ2) is 9.05. The predicted octanol–water partition coefficient (Wildman–Crippen LogP) is 0.0504. The van der Waals surface area contributed by atoms with E-state index >= 15 is 0 Å². The van der Waals surface area contributed by atoms with E-state index in [9.17, 15) is 0 Å². The Hall–Kier alpha value is -0.592. The van der Waals surface area contributed by atoms with Crippen LogP contribution in [0.4, 0.5) is 0 Å². The summed E-state index contributed by atoms with van der Waals surface area (Å²) >= 11 is 0. The van der Waals surface area contributed by atoms with Crippen LogP contribution in [0, 0.1) is 11.3 Å². The van der Waals surface area contributed by atoms with Gasteiger partial charge in [0.05, 0.1) is 6.08 Å². The topological polar surface area (TPSA) is 40.9 Å². The Morgan fingerprint density at radius 3 is 2.29 bits per heavy atom. The smallest absolute Gasteiger partial charge is 0.177 e. The van der Waals surface area contributed by atoms with Crippen LogP contribution in [0.3, 0.4) is 0 Å². The third-order valence-electron chi connectivity index (χ3n) is 0.196. The molecular formula is C4HMoNO. The van der Waals surface area contributed by atoms with Crippen LogP contribution in [0.1, 0.15) is 0 Å². The monoisotopic (exact) mass is 177 g/mol. The van der Waals surface area contributed by atoms with Gasteiger partial charge in [0.15, 0.2) is 5.94 Å². The zero-order chi connectivity index (χ0) is 4.83. The van der Waals surface area contributed by atoms with Crippen molar-refractivity contribution in [1.29, 1.82) is 5.26 Å². The first-order chi connectivity index (χ1) is 2.91. The summed E-state index contributed by atoms with van der Waals surface area (Å²) in [4.78, 5) is 9.15. The minimum absolute atomic E-state index is 0. The number of carbonyl (C=O) groups excluding carboxylic acids is 1. The molecule has 0 heterocycles. The molecule has 0 aliphatic heterocycles. The van der Waals surface area contributed by atoms with Gasteiger partial charge in [0.25, 0.3) is 0 Å². The SMILES string of the molecule is N#CC=C=C=O.[Mo]. The third kappa shape index (κ3) is 10.8. The molecule has 2 nitrogen and oxygen atoms in total. The number of allylic oxidation sites excluding steroid dienone is 1. The largest absolute Gasteiger partial charge is 0.224 e. The van der Waals surface area contributed by atoms with Gasteiger partial charge in [-0.05, 0) is 5.73 Å². The first-order valence-corrected chi connectivity index (χ1v) is 1.26. The molecule has 34 valence electrons. The average molecular weight is 175 g/mol. The normalized spacial score (nSPS) is 3.29. The van der Waals surface area contributed by atoms with Gasteiger partial charge in [-0.25, -0.2) is 4.79 Å². The van der Waals surface area contributed by atoms with Crippen molar-refractivity contribution in [3.8, 4) is 6.07 Å². The molecule has 0 atom stereocenters.